The first-order chi connectivity index (χ1) is 8.08. The van der Waals surface area contributed by atoms with Crippen LogP contribution in [0.15, 0.2) is 22.7 Å². The van der Waals surface area contributed by atoms with E-state index in [1.807, 2.05) is 0 Å². The van der Waals surface area contributed by atoms with Crippen LogP contribution < -0.4 is 10.6 Å². The summed E-state index contributed by atoms with van der Waals surface area (Å²) >= 11 is 3.50. The summed E-state index contributed by atoms with van der Waals surface area (Å²) in [5.74, 6) is 0. The number of benzene rings is 1. The first kappa shape index (κ1) is 14.5. The lowest BCUT2D eigenvalue weighted by Gasteiger charge is -2.25. The number of likely N-dealkylation sites (N-methyl/N-ethyl adjacent to an activating group) is 1. The fourth-order valence-electron chi connectivity index (χ4n) is 1.84. The maximum Gasteiger partial charge on any atom is 0.0717 e. The van der Waals surface area contributed by atoms with Gasteiger partial charge in [-0.1, -0.05) is 15.9 Å². The molecule has 3 nitrogen and oxygen atoms in total. The molecule has 0 aliphatic carbocycles. The topological polar surface area (TPSA) is 38.5 Å². The summed E-state index contributed by atoms with van der Waals surface area (Å²) in [5, 5.41) is 0. The van der Waals surface area contributed by atoms with Gasteiger partial charge in [-0.25, -0.2) is 0 Å². The van der Waals surface area contributed by atoms with Crippen molar-refractivity contribution in [3.05, 3.63) is 28.2 Å². The first-order valence-corrected chi connectivity index (χ1v) is 6.60. The maximum absolute atomic E-state index is 5.65. The van der Waals surface area contributed by atoms with E-state index in [0.717, 1.165) is 17.4 Å². The molecule has 1 unspecified atom stereocenters. The molecule has 0 saturated heterocycles. The van der Waals surface area contributed by atoms with Gasteiger partial charge in [0.2, 0.25) is 0 Å². The van der Waals surface area contributed by atoms with E-state index in [1.165, 1.54) is 11.3 Å². The van der Waals surface area contributed by atoms with Crippen LogP contribution in [0.3, 0.4) is 0 Å². The maximum atomic E-state index is 5.65. The average Bonchev–Trinajstić information content (AvgIpc) is 2.29. The lowest BCUT2D eigenvalue weighted by molar-refractivity contribution is 0.124. The molecule has 0 heterocycles. The molecule has 0 aromatic heterocycles. The number of methoxy groups -OCH3 is 1. The zero-order chi connectivity index (χ0) is 12.8. The van der Waals surface area contributed by atoms with Crippen molar-refractivity contribution >= 4 is 21.6 Å². The normalized spacial score (nSPS) is 12.5. The Balaban J connectivity index is 2.87. The third-order valence-electron chi connectivity index (χ3n) is 2.80. The highest BCUT2D eigenvalue weighted by Gasteiger charge is 2.10. The Kier molecular flexibility index (Phi) is 5.95. The third kappa shape index (κ3) is 4.30. The van der Waals surface area contributed by atoms with Crippen molar-refractivity contribution in [3.63, 3.8) is 0 Å². The molecule has 0 amide bonds. The van der Waals surface area contributed by atoms with Gasteiger partial charge in [0.1, 0.15) is 0 Å². The van der Waals surface area contributed by atoms with Crippen molar-refractivity contribution in [3.8, 4) is 0 Å². The van der Waals surface area contributed by atoms with Gasteiger partial charge in [-0.2, -0.15) is 0 Å². The van der Waals surface area contributed by atoms with Crippen LogP contribution in [-0.2, 0) is 11.2 Å². The quantitative estimate of drug-likeness (QED) is 0.877. The third-order valence-corrected chi connectivity index (χ3v) is 3.29. The second kappa shape index (κ2) is 6.99. The molecule has 1 atom stereocenters. The van der Waals surface area contributed by atoms with Crippen LogP contribution >= 0.6 is 15.9 Å². The van der Waals surface area contributed by atoms with Crippen molar-refractivity contribution < 1.29 is 4.74 Å². The van der Waals surface area contributed by atoms with Crippen LogP contribution in [0.2, 0.25) is 0 Å². The van der Waals surface area contributed by atoms with Gasteiger partial charge in [0.05, 0.1) is 6.10 Å². The lowest BCUT2D eigenvalue weighted by atomic mass is 10.1. The monoisotopic (exact) mass is 300 g/mol. The van der Waals surface area contributed by atoms with Gasteiger partial charge >= 0.3 is 0 Å². The van der Waals surface area contributed by atoms with E-state index < -0.39 is 0 Å². The number of halogens is 1. The second-order valence-electron chi connectivity index (χ2n) is 4.24. The van der Waals surface area contributed by atoms with Crippen molar-refractivity contribution in [1.82, 2.24) is 0 Å². The molecular formula is C13H21BrN2O. The molecule has 1 rings (SSSR count). The minimum atomic E-state index is 0.217. The fourth-order valence-corrected chi connectivity index (χ4v) is 2.25. The van der Waals surface area contributed by atoms with Gasteiger partial charge < -0.3 is 15.4 Å². The van der Waals surface area contributed by atoms with E-state index in [9.17, 15) is 0 Å². The van der Waals surface area contributed by atoms with E-state index in [0.29, 0.717) is 6.54 Å². The molecule has 17 heavy (non-hydrogen) atoms. The Morgan fingerprint density at radius 1 is 1.47 bits per heavy atom. The molecule has 0 saturated carbocycles. The average molecular weight is 301 g/mol. The van der Waals surface area contributed by atoms with Crippen LogP contribution in [0, 0.1) is 0 Å². The molecule has 2 N–H and O–H groups in total. The van der Waals surface area contributed by atoms with Gasteiger partial charge in [-0.05, 0) is 43.7 Å². The number of ether oxygens (including phenoxy) is 1. The van der Waals surface area contributed by atoms with Crippen molar-refractivity contribution in [2.75, 3.05) is 32.1 Å². The van der Waals surface area contributed by atoms with Crippen LogP contribution in [0.4, 0.5) is 5.69 Å². The summed E-state index contributed by atoms with van der Waals surface area (Å²) in [5.41, 5.74) is 8.14. The smallest absolute Gasteiger partial charge is 0.0717 e. The largest absolute Gasteiger partial charge is 0.380 e. The molecule has 0 radical (unpaired) electrons. The summed E-state index contributed by atoms with van der Waals surface area (Å²) in [4.78, 5) is 2.21. The van der Waals surface area contributed by atoms with Crippen LogP contribution in [-0.4, -0.2) is 33.4 Å². The lowest BCUT2D eigenvalue weighted by Crippen LogP contribution is -2.29. The zero-order valence-electron chi connectivity index (χ0n) is 10.7. The second-order valence-corrected chi connectivity index (χ2v) is 5.15. The Labute approximate surface area is 112 Å². The van der Waals surface area contributed by atoms with E-state index >= 15 is 0 Å². The minimum Gasteiger partial charge on any atom is -0.380 e. The van der Waals surface area contributed by atoms with Gasteiger partial charge in [-0.3, -0.25) is 0 Å². The number of anilines is 1. The van der Waals surface area contributed by atoms with Gasteiger partial charge in [0.15, 0.2) is 0 Å². The highest BCUT2D eigenvalue weighted by Crippen LogP contribution is 2.24. The van der Waals surface area contributed by atoms with Crippen molar-refractivity contribution in [1.29, 1.82) is 0 Å². The Hall–Kier alpha value is -0.580. The zero-order valence-corrected chi connectivity index (χ0v) is 12.3. The number of nitrogens with two attached hydrogens (primary N) is 1. The highest BCUT2D eigenvalue weighted by molar-refractivity contribution is 9.10. The van der Waals surface area contributed by atoms with Crippen molar-refractivity contribution in [2.45, 2.75) is 19.4 Å². The molecule has 1 aromatic carbocycles. The van der Waals surface area contributed by atoms with Crippen LogP contribution in [0.25, 0.3) is 0 Å². The molecule has 0 aliphatic rings. The summed E-state index contributed by atoms with van der Waals surface area (Å²) in [7, 11) is 3.82. The summed E-state index contributed by atoms with van der Waals surface area (Å²) in [6.07, 6.45) is 1.11. The molecule has 0 spiro atoms. The number of rotatable bonds is 6. The molecular weight excluding hydrogens is 280 g/mol. The Bertz CT molecular complexity index is 357. The van der Waals surface area contributed by atoms with E-state index in [-0.39, 0.29) is 6.10 Å². The predicted molar refractivity (Wildman–Crippen MR) is 76.6 cm³/mol. The summed E-state index contributed by atoms with van der Waals surface area (Å²) in [6.45, 7) is 3.60. The molecule has 1 aromatic rings. The Morgan fingerprint density at radius 3 is 2.76 bits per heavy atom. The fraction of sp³-hybridized carbons (Fsp3) is 0.538. The van der Waals surface area contributed by atoms with E-state index in [1.54, 1.807) is 7.11 Å². The summed E-state index contributed by atoms with van der Waals surface area (Å²) in [6, 6.07) is 6.32. The van der Waals surface area contributed by atoms with Gasteiger partial charge in [-0.15, -0.1) is 0 Å². The number of nitrogens with zero attached hydrogens (tertiary/aromatic N) is 1. The SMILES string of the molecule is COC(C)CN(C)c1ccc(Br)cc1CCN. The van der Waals surface area contributed by atoms with Crippen LogP contribution in [0.1, 0.15) is 12.5 Å². The molecule has 4 heteroatoms. The highest BCUT2D eigenvalue weighted by atomic mass is 79.9. The molecule has 0 aliphatic heterocycles. The molecule has 96 valence electrons. The van der Waals surface area contributed by atoms with Crippen LogP contribution in [0.5, 0.6) is 0 Å². The number of hydrogen-bond acceptors (Lipinski definition) is 3. The first-order valence-electron chi connectivity index (χ1n) is 5.81. The minimum absolute atomic E-state index is 0.217. The summed E-state index contributed by atoms with van der Waals surface area (Å²) < 4.78 is 6.39. The van der Waals surface area contributed by atoms with Gasteiger partial charge in [0.25, 0.3) is 0 Å². The van der Waals surface area contributed by atoms with Gasteiger partial charge in [0, 0.05) is 30.9 Å². The number of hydrogen-bond donors (Lipinski definition) is 1. The standard InChI is InChI=1S/C13H21BrN2O/c1-10(17-3)9-16(2)13-5-4-12(14)8-11(13)6-7-15/h4-5,8,10H,6-7,9,15H2,1-3H3. The Morgan fingerprint density at radius 2 is 2.18 bits per heavy atom. The van der Waals surface area contributed by atoms with E-state index in [4.69, 9.17) is 10.5 Å². The molecule has 0 bridgehead atoms. The van der Waals surface area contributed by atoms with Crippen molar-refractivity contribution in [2.24, 2.45) is 5.73 Å². The molecule has 0 fully saturated rings. The van der Waals surface area contributed by atoms with E-state index in [2.05, 4.69) is 53.0 Å². The predicted octanol–water partition coefficient (Wildman–Crippen LogP) is 2.42.